The summed E-state index contributed by atoms with van der Waals surface area (Å²) in [4.78, 5) is 41.6. The normalized spacial score (nSPS) is 17.4. The number of urea groups is 1. The Hall–Kier alpha value is -2.79. The lowest BCUT2D eigenvalue weighted by molar-refractivity contribution is -0.118. The second kappa shape index (κ2) is 9.42. The Morgan fingerprint density at radius 2 is 2.04 bits per heavy atom. The van der Waals surface area contributed by atoms with Gasteiger partial charge in [0, 0.05) is 25.4 Å². The van der Waals surface area contributed by atoms with E-state index in [4.69, 9.17) is 16.2 Å². The van der Waals surface area contributed by atoms with Crippen LogP contribution in [0.1, 0.15) is 24.8 Å². The van der Waals surface area contributed by atoms with Gasteiger partial charge in [0.1, 0.15) is 21.8 Å². The zero-order chi connectivity index (χ0) is 20.8. The predicted octanol–water partition coefficient (Wildman–Crippen LogP) is 0.488. The molecule has 1 aromatic heterocycles. The Morgan fingerprint density at radius 3 is 2.54 bits per heavy atom. The third kappa shape index (κ3) is 4.73. The Labute approximate surface area is 167 Å². The van der Waals surface area contributed by atoms with Crippen LogP contribution >= 0.6 is 11.8 Å². The quantitative estimate of drug-likeness (QED) is 0.488. The fraction of sp³-hybridized carbons (Fsp3) is 0.412. The number of nitrogens with zero attached hydrogens (tertiary/aromatic N) is 2. The van der Waals surface area contributed by atoms with Gasteiger partial charge in [-0.3, -0.25) is 14.9 Å². The SMILES string of the molecule is CCNC(=O)Nc1ccc(C2SC(C(N)=O)=C(C(N)=O)N2[C@@H](C)COC)cn1. The number of hydrogen-bond acceptors (Lipinski definition) is 7. The Balaban J connectivity index is 2.34. The van der Waals surface area contributed by atoms with E-state index in [-0.39, 0.29) is 22.7 Å². The molecule has 1 unspecified atom stereocenters. The number of nitrogens with one attached hydrogen (secondary N) is 2. The molecule has 28 heavy (non-hydrogen) atoms. The van der Waals surface area contributed by atoms with Gasteiger partial charge in [-0.2, -0.15) is 0 Å². The summed E-state index contributed by atoms with van der Waals surface area (Å²) in [5.74, 6) is -1.10. The number of rotatable bonds is 8. The van der Waals surface area contributed by atoms with E-state index in [1.165, 1.54) is 0 Å². The summed E-state index contributed by atoms with van der Waals surface area (Å²) < 4.78 is 5.20. The van der Waals surface area contributed by atoms with Gasteiger partial charge in [-0.25, -0.2) is 9.78 Å². The summed E-state index contributed by atoms with van der Waals surface area (Å²) in [5, 5.41) is 4.78. The number of aromatic nitrogens is 1. The van der Waals surface area contributed by atoms with Crippen LogP contribution in [-0.2, 0) is 14.3 Å². The molecule has 0 fully saturated rings. The molecule has 1 aliphatic heterocycles. The fourth-order valence-corrected chi connectivity index (χ4v) is 4.18. The van der Waals surface area contributed by atoms with Gasteiger partial charge in [-0.1, -0.05) is 17.8 Å². The first-order valence-electron chi connectivity index (χ1n) is 8.58. The highest BCUT2D eigenvalue weighted by atomic mass is 32.2. The molecule has 1 aliphatic rings. The van der Waals surface area contributed by atoms with Crippen LogP contribution in [-0.4, -0.2) is 54.0 Å². The molecule has 4 amide bonds. The maximum absolute atomic E-state index is 12.0. The zero-order valence-corrected chi connectivity index (χ0v) is 16.7. The summed E-state index contributed by atoms with van der Waals surface area (Å²) in [6, 6.07) is 2.77. The van der Waals surface area contributed by atoms with Crippen molar-refractivity contribution in [2.45, 2.75) is 25.3 Å². The predicted molar refractivity (Wildman–Crippen MR) is 106 cm³/mol. The number of amides is 4. The van der Waals surface area contributed by atoms with Gasteiger partial charge in [0.2, 0.25) is 0 Å². The maximum Gasteiger partial charge on any atom is 0.320 e. The van der Waals surface area contributed by atoms with Crippen LogP contribution in [0.25, 0.3) is 0 Å². The molecule has 0 saturated heterocycles. The van der Waals surface area contributed by atoms with Crippen molar-refractivity contribution in [3.05, 3.63) is 34.5 Å². The van der Waals surface area contributed by atoms with Crippen molar-refractivity contribution in [2.75, 3.05) is 25.6 Å². The standard InChI is InChI=1S/C17H24N6O4S/c1-4-20-17(26)22-11-6-5-10(7-21-11)16-23(9(2)8-27-3)12(14(18)24)13(28-16)15(19)25/h5-7,9,16H,4,8H2,1-3H3,(H2,18,24)(H2,19,25)(H2,20,21,22,26)/t9-,16?/m0/s1. The van der Waals surface area contributed by atoms with Crippen molar-refractivity contribution >= 4 is 35.4 Å². The largest absolute Gasteiger partial charge is 0.383 e. The van der Waals surface area contributed by atoms with Gasteiger partial charge >= 0.3 is 6.03 Å². The van der Waals surface area contributed by atoms with Crippen molar-refractivity contribution in [3.63, 3.8) is 0 Å². The molecule has 2 atom stereocenters. The van der Waals surface area contributed by atoms with E-state index in [1.54, 1.807) is 30.3 Å². The van der Waals surface area contributed by atoms with E-state index >= 15 is 0 Å². The lowest BCUT2D eigenvalue weighted by atomic mass is 10.1. The molecule has 1 aromatic rings. The molecule has 11 heteroatoms. The average Bonchev–Trinajstić information content (AvgIpc) is 3.04. The Morgan fingerprint density at radius 1 is 1.32 bits per heavy atom. The number of hydrogen-bond donors (Lipinski definition) is 4. The van der Waals surface area contributed by atoms with Crippen molar-refractivity contribution < 1.29 is 19.1 Å². The highest BCUT2D eigenvalue weighted by molar-refractivity contribution is 8.04. The number of pyridine rings is 1. The molecular formula is C17H24N6O4S. The summed E-state index contributed by atoms with van der Waals surface area (Å²) in [6.07, 6.45) is 1.56. The minimum atomic E-state index is -0.741. The number of carbonyl (C=O) groups is 3. The molecule has 0 radical (unpaired) electrons. The molecule has 0 aliphatic carbocycles. The van der Waals surface area contributed by atoms with E-state index in [2.05, 4.69) is 15.6 Å². The third-order valence-electron chi connectivity index (χ3n) is 3.95. The molecule has 152 valence electrons. The van der Waals surface area contributed by atoms with Crippen LogP contribution in [0.3, 0.4) is 0 Å². The fourth-order valence-electron chi connectivity index (χ4n) is 2.82. The monoisotopic (exact) mass is 408 g/mol. The number of thioether (sulfide) groups is 1. The van der Waals surface area contributed by atoms with Crippen LogP contribution in [0.2, 0.25) is 0 Å². The molecule has 0 saturated carbocycles. The van der Waals surface area contributed by atoms with E-state index in [1.807, 2.05) is 13.8 Å². The number of nitrogens with two attached hydrogens (primary N) is 2. The number of ether oxygens (including phenoxy) is 1. The first-order valence-corrected chi connectivity index (χ1v) is 9.46. The zero-order valence-electron chi connectivity index (χ0n) is 15.9. The van der Waals surface area contributed by atoms with E-state index in [9.17, 15) is 14.4 Å². The molecule has 0 aromatic carbocycles. The molecule has 0 spiro atoms. The number of primary amides is 2. The Bertz CT molecular complexity index is 782. The van der Waals surface area contributed by atoms with Crippen LogP contribution in [0, 0.1) is 0 Å². The molecule has 10 nitrogen and oxygen atoms in total. The smallest absolute Gasteiger partial charge is 0.320 e. The van der Waals surface area contributed by atoms with Crippen molar-refractivity contribution in [3.8, 4) is 0 Å². The summed E-state index contributed by atoms with van der Waals surface area (Å²) >= 11 is 1.13. The van der Waals surface area contributed by atoms with Gasteiger partial charge in [0.05, 0.1) is 12.6 Å². The van der Waals surface area contributed by atoms with Crippen LogP contribution < -0.4 is 22.1 Å². The van der Waals surface area contributed by atoms with Crippen molar-refractivity contribution in [2.24, 2.45) is 11.5 Å². The van der Waals surface area contributed by atoms with E-state index < -0.39 is 17.2 Å². The Kier molecular flexibility index (Phi) is 7.24. The molecule has 6 N–H and O–H groups in total. The molecule has 2 heterocycles. The topological polar surface area (TPSA) is 153 Å². The first kappa shape index (κ1) is 21.5. The second-order valence-corrected chi connectivity index (χ2v) is 7.14. The van der Waals surface area contributed by atoms with Gasteiger partial charge in [-0.15, -0.1) is 0 Å². The second-order valence-electron chi connectivity index (χ2n) is 6.05. The molecule has 0 bridgehead atoms. The van der Waals surface area contributed by atoms with Crippen LogP contribution in [0.4, 0.5) is 10.6 Å². The van der Waals surface area contributed by atoms with Gasteiger partial charge in [0.15, 0.2) is 0 Å². The summed E-state index contributed by atoms with van der Waals surface area (Å²) in [6.45, 7) is 4.46. The maximum atomic E-state index is 12.0. The van der Waals surface area contributed by atoms with E-state index in [0.717, 1.165) is 11.8 Å². The summed E-state index contributed by atoms with van der Waals surface area (Å²) in [5.41, 5.74) is 11.8. The highest BCUT2D eigenvalue weighted by Crippen LogP contribution is 2.48. The lowest BCUT2D eigenvalue weighted by Crippen LogP contribution is -2.39. The number of methoxy groups -OCH3 is 1. The van der Waals surface area contributed by atoms with Gasteiger partial charge < -0.3 is 26.4 Å². The van der Waals surface area contributed by atoms with Gasteiger partial charge in [0.25, 0.3) is 11.8 Å². The summed E-state index contributed by atoms with van der Waals surface area (Å²) in [7, 11) is 1.54. The molecular weight excluding hydrogens is 384 g/mol. The number of anilines is 1. The lowest BCUT2D eigenvalue weighted by Gasteiger charge is -2.33. The number of carbonyl (C=O) groups excluding carboxylic acids is 3. The highest BCUT2D eigenvalue weighted by Gasteiger charge is 2.41. The van der Waals surface area contributed by atoms with Crippen LogP contribution in [0.5, 0.6) is 0 Å². The van der Waals surface area contributed by atoms with Gasteiger partial charge in [-0.05, 0) is 19.9 Å². The van der Waals surface area contributed by atoms with Crippen LogP contribution in [0.15, 0.2) is 28.9 Å². The first-order chi connectivity index (χ1) is 13.3. The minimum Gasteiger partial charge on any atom is -0.383 e. The van der Waals surface area contributed by atoms with Crippen molar-refractivity contribution in [1.29, 1.82) is 0 Å². The average molecular weight is 408 g/mol. The molecule has 2 rings (SSSR count). The van der Waals surface area contributed by atoms with Crippen molar-refractivity contribution in [1.82, 2.24) is 15.2 Å². The third-order valence-corrected chi connectivity index (χ3v) is 5.30. The minimum absolute atomic E-state index is 0.0663. The van der Waals surface area contributed by atoms with E-state index in [0.29, 0.717) is 24.5 Å².